The van der Waals surface area contributed by atoms with E-state index in [1.165, 1.54) is 12.8 Å². The summed E-state index contributed by atoms with van der Waals surface area (Å²) in [4.78, 5) is 30.5. The fraction of sp³-hybridized carbons (Fsp3) is 0.524. The third-order valence-corrected chi connectivity index (χ3v) is 5.86. The van der Waals surface area contributed by atoms with Gasteiger partial charge in [0.05, 0.1) is 12.3 Å². The SMILES string of the molecule is O=C(NC1CCCC1)[C@@H]1CCCN(C(=O)Cc2c[nH]c3ccccc23)C1. The summed E-state index contributed by atoms with van der Waals surface area (Å²) < 4.78 is 0. The number of amides is 2. The van der Waals surface area contributed by atoms with Crippen molar-refractivity contribution < 1.29 is 9.59 Å². The number of hydrogen-bond acceptors (Lipinski definition) is 2. The quantitative estimate of drug-likeness (QED) is 0.887. The number of hydrogen-bond donors (Lipinski definition) is 2. The summed E-state index contributed by atoms with van der Waals surface area (Å²) in [6, 6.07) is 8.40. The Kier molecular flexibility index (Phi) is 4.96. The second-order valence-corrected chi connectivity index (χ2v) is 7.71. The number of likely N-dealkylation sites (tertiary alicyclic amines) is 1. The van der Waals surface area contributed by atoms with Crippen LogP contribution in [0.15, 0.2) is 30.5 Å². The molecule has 2 aliphatic rings. The molecule has 5 nitrogen and oxygen atoms in total. The molecule has 1 aliphatic heterocycles. The molecule has 2 heterocycles. The van der Waals surface area contributed by atoms with Crippen molar-refractivity contribution in [1.29, 1.82) is 0 Å². The van der Waals surface area contributed by atoms with E-state index in [1.807, 2.05) is 35.4 Å². The van der Waals surface area contributed by atoms with Crippen molar-refractivity contribution >= 4 is 22.7 Å². The fourth-order valence-corrected chi connectivity index (χ4v) is 4.36. The first-order chi connectivity index (χ1) is 12.7. The van der Waals surface area contributed by atoms with Gasteiger partial charge in [-0.1, -0.05) is 31.0 Å². The molecule has 0 bridgehead atoms. The predicted octanol–water partition coefficient (Wildman–Crippen LogP) is 3.01. The number of fused-ring (bicyclic) bond motifs is 1. The molecule has 2 aromatic rings. The average molecular weight is 353 g/mol. The van der Waals surface area contributed by atoms with E-state index in [4.69, 9.17) is 0 Å². The third kappa shape index (κ3) is 3.62. The maximum atomic E-state index is 12.8. The monoisotopic (exact) mass is 353 g/mol. The molecule has 0 spiro atoms. The Hall–Kier alpha value is -2.30. The number of nitrogens with zero attached hydrogens (tertiary/aromatic N) is 1. The number of carbonyl (C=O) groups excluding carboxylic acids is 2. The summed E-state index contributed by atoms with van der Waals surface area (Å²) in [6.07, 6.45) is 8.73. The van der Waals surface area contributed by atoms with Crippen LogP contribution >= 0.6 is 0 Å². The Bertz CT molecular complexity index is 791. The number of carbonyl (C=O) groups is 2. The van der Waals surface area contributed by atoms with Crippen molar-refractivity contribution in [2.24, 2.45) is 5.92 Å². The van der Waals surface area contributed by atoms with Crippen molar-refractivity contribution in [3.05, 3.63) is 36.0 Å². The Morgan fingerprint density at radius 2 is 1.92 bits per heavy atom. The van der Waals surface area contributed by atoms with Crippen molar-refractivity contribution in [1.82, 2.24) is 15.2 Å². The van der Waals surface area contributed by atoms with Gasteiger partial charge in [-0.3, -0.25) is 9.59 Å². The number of benzene rings is 1. The van der Waals surface area contributed by atoms with Crippen LogP contribution < -0.4 is 5.32 Å². The second-order valence-electron chi connectivity index (χ2n) is 7.71. The molecule has 1 aromatic carbocycles. The van der Waals surface area contributed by atoms with Gasteiger partial charge in [0.25, 0.3) is 0 Å². The average Bonchev–Trinajstić information content (AvgIpc) is 3.32. The molecule has 2 N–H and O–H groups in total. The van der Waals surface area contributed by atoms with Crippen LogP contribution in [0.1, 0.15) is 44.1 Å². The molecule has 1 atom stereocenters. The van der Waals surface area contributed by atoms with E-state index in [9.17, 15) is 9.59 Å². The van der Waals surface area contributed by atoms with Gasteiger partial charge in [0.1, 0.15) is 0 Å². The molecule has 26 heavy (non-hydrogen) atoms. The molecular formula is C21H27N3O2. The molecule has 2 fully saturated rings. The number of para-hydroxylation sites is 1. The highest BCUT2D eigenvalue weighted by Gasteiger charge is 2.30. The minimum atomic E-state index is -0.0590. The van der Waals surface area contributed by atoms with E-state index >= 15 is 0 Å². The van der Waals surface area contributed by atoms with Crippen LogP contribution in [0.4, 0.5) is 0 Å². The molecule has 1 aliphatic carbocycles. The van der Waals surface area contributed by atoms with Crippen LogP contribution in [0.5, 0.6) is 0 Å². The van der Waals surface area contributed by atoms with Gasteiger partial charge in [0.15, 0.2) is 0 Å². The number of rotatable bonds is 4. The van der Waals surface area contributed by atoms with E-state index in [-0.39, 0.29) is 17.7 Å². The van der Waals surface area contributed by atoms with Crippen molar-refractivity contribution in [2.45, 2.75) is 51.0 Å². The molecule has 138 valence electrons. The maximum absolute atomic E-state index is 12.8. The van der Waals surface area contributed by atoms with E-state index in [1.54, 1.807) is 0 Å². The second kappa shape index (κ2) is 7.52. The normalized spacial score (nSPS) is 21.2. The van der Waals surface area contributed by atoms with Gasteiger partial charge < -0.3 is 15.2 Å². The van der Waals surface area contributed by atoms with Crippen LogP contribution in [-0.2, 0) is 16.0 Å². The minimum Gasteiger partial charge on any atom is -0.361 e. The zero-order valence-corrected chi connectivity index (χ0v) is 15.2. The summed E-state index contributed by atoms with van der Waals surface area (Å²) in [5, 5.41) is 4.30. The lowest BCUT2D eigenvalue weighted by Crippen LogP contribution is -2.47. The fourth-order valence-electron chi connectivity index (χ4n) is 4.36. The van der Waals surface area contributed by atoms with E-state index in [0.717, 1.165) is 48.7 Å². The van der Waals surface area contributed by atoms with Gasteiger partial charge >= 0.3 is 0 Å². The molecule has 1 saturated heterocycles. The smallest absolute Gasteiger partial charge is 0.227 e. The molecule has 2 amide bonds. The molecule has 4 rings (SSSR count). The zero-order valence-electron chi connectivity index (χ0n) is 15.2. The van der Waals surface area contributed by atoms with E-state index in [2.05, 4.69) is 10.3 Å². The van der Waals surface area contributed by atoms with Gasteiger partial charge in [-0.05, 0) is 37.3 Å². The Morgan fingerprint density at radius 3 is 2.77 bits per heavy atom. The number of aromatic amines is 1. The van der Waals surface area contributed by atoms with Crippen molar-refractivity contribution in [3.8, 4) is 0 Å². The maximum Gasteiger partial charge on any atom is 0.227 e. The number of H-pyrrole nitrogens is 1. The first kappa shape index (κ1) is 17.1. The lowest BCUT2D eigenvalue weighted by molar-refractivity contribution is -0.135. The third-order valence-electron chi connectivity index (χ3n) is 5.86. The minimum absolute atomic E-state index is 0.0590. The van der Waals surface area contributed by atoms with Gasteiger partial charge in [0.2, 0.25) is 11.8 Å². The molecule has 1 aromatic heterocycles. The molecule has 1 saturated carbocycles. The highest BCUT2D eigenvalue weighted by atomic mass is 16.2. The number of aromatic nitrogens is 1. The van der Waals surface area contributed by atoms with Gasteiger partial charge in [-0.25, -0.2) is 0 Å². The molecular weight excluding hydrogens is 326 g/mol. The highest BCUT2D eigenvalue weighted by molar-refractivity contribution is 5.89. The van der Waals surface area contributed by atoms with Crippen LogP contribution in [0.3, 0.4) is 0 Å². The summed E-state index contributed by atoms with van der Waals surface area (Å²) in [5.74, 6) is 0.200. The topological polar surface area (TPSA) is 65.2 Å². The molecule has 0 radical (unpaired) electrons. The Labute approximate surface area is 154 Å². The molecule has 0 unspecified atom stereocenters. The summed E-state index contributed by atoms with van der Waals surface area (Å²) in [7, 11) is 0. The van der Waals surface area contributed by atoms with E-state index < -0.39 is 0 Å². The van der Waals surface area contributed by atoms with Gasteiger partial charge in [-0.2, -0.15) is 0 Å². The van der Waals surface area contributed by atoms with Crippen molar-refractivity contribution in [3.63, 3.8) is 0 Å². The first-order valence-electron chi connectivity index (χ1n) is 9.84. The summed E-state index contributed by atoms with van der Waals surface area (Å²) in [6.45, 7) is 1.31. The van der Waals surface area contributed by atoms with Crippen LogP contribution in [0.25, 0.3) is 10.9 Å². The Balaban J connectivity index is 1.37. The van der Waals surface area contributed by atoms with Crippen LogP contribution in [-0.4, -0.2) is 40.8 Å². The largest absolute Gasteiger partial charge is 0.361 e. The highest BCUT2D eigenvalue weighted by Crippen LogP contribution is 2.23. The van der Waals surface area contributed by atoms with E-state index in [0.29, 0.717) is 19.0 Å². The lowest BCUT2D eigenvalue weighted by atomic mass is 9.96. The van der Waals surface area contributed by atoms with Crippen LogP contribution in [0.2, 0.25) is 0 Å². The number of nitrogens with one attached hydrogen (secondary N) is 2. The predicted molar refractivity (Wildman–Crippen MR) is 102 cm³/mol. The summed E-state index contributed by atoms with van der Waals surface area (Å²) in [5.41, 5.74) is 2.09. The standard InChI is InChI=1S/C21H27N3O2/c25-20(12-16-13-22-19-10-4-3-9-18(16)19)24-11-5-6-15(14-24)21(26)23-17-7-1-2-8-17/h3-4,9-10,13,15,17,22H,1-2,5-8,11-12,14H2,(H,23,26)/t15-/m1/s1. The van der Waals surface area contributed by atoms with Gasteiger partial charge in [-0.15, -0.1) is 0 Å². The summed E-state index contributed by atoms with van der Waals surface area (Å²) >= 11 is 0. The number of piperidine rings is 1. The van der Waals surface area contributed by atoms with Crippen molar-refractivity contribution in [2.75, 3.05) is 13.1 Å². The zero-order chi connectivity index (χ0) is 17.9. The Morgan fingerprint density at radius 1 is 1.12 bits per heavy atom. The van der Waals surface area contributed by atoms with Gasteiger partial charge in [0, 0.05) is 36.2 Å². The van der Waals surface area contributed by atoms with Crippen LogP contribution in [0, 0.1) is 5.92 Å². The molecule has 5 heteroatoms. The first-order valence-corrected chi connectivity index (χ1v) is 9.84. The lowest BCUT2D eigenvalue weighted by Gasteiger charge is -2.32.